The van der Waals surface area contributed by atoms with Gasteiger partial charge in [0.05, 0.1) is 13.2 Å². The number of hydrogen-bond donors (Lipinski definition) is 1. The summed E-state index contributed by atoms with van der Waals surface area (Å²) in [7, 11) is 1.39. The molecular formula is C16H16F2O2. The molecule has 0 heterocycles. The fourth-order valence-corrected chi connectivity index (χ4v) is 1.99. The van der Waals surface area contributed by atoms with Gasteiger partial charge in [-0.25, -0.2) is 8.78 Å². The third kappa shape index (κ3) is 3.14. The maximum Gasteiger partial charge on any atom is 0.165 e. The second kappa shape index (κ2) is 6.01. The Morgan fingerprint density at radius 3 is 2.45 bits per heavy atom. The lowest BCUT2D eigenvalue weighted by Crippen LogP contribution is -2.03. The topological polar surface area (TPSA) is 29.5 Å². The SMILES string of the molecule is COc1ccc(CC(O)c2ccc(C)c(F)c2)cc1F. The first-order chi connectivity index (χ1) is 9.51. The zero-order valence-electron chi connectivity index (χ0n) is 11.4. The average Bonchev–Trinajstić information content (AvgIpc) is 2.42. The summed E-state index contributed by atoms with van der Waals surface area (Å²) in [6, 6.07) is 9.08. The Morgan fingerprint density at radius 2 is 1.85 bits per heavy atom. The Balaban J connectivity index is 2.16. The second-order valence-corrected chi connectivity index (χ2v) is 4.70. The van der Waals surface area contributed by atoms with E-state index in [1.54, 1.807) is 25.1 Å². The Hall–Kier alpha value is -1.94. The summed E-state index contributed by atoms with van der Waals surface area (Å²) < 4.78 is 31.8. The minimum atomic E-state index is -0.877. The van der Waals surface area contributed by atoms with Crippen LogP contribution in [0.4, 0.5) is 8.78 Å². The van der Waals surface area contributed by atoms with Gasteiger partial charge >= 0.3 is 0 Å². The van der Waals surface area contributed by atoms with E-state index >= 15 is 0 Å². The van der Waals surface area contributed by atoms with E-state index in [9.17, 15) is 13.9 Å². The molecule has 2 rings (SSSR count). The van der Waals surface area contributed by atoms with Crippen LogP contribution in [0.15, 0.2) is 36.4 Å². The minimum Gasteiger partial charge on any atom is -0.494 e. The summed E-state index contributed by atoms with van der Waals surface area (Å²) in [5.41, 5.74) is 1.62. The van der Waals surface area contributed by atoms with E-state index in [-0.39, 0.29) is 18.0 Å². The number of hydrogen-bond acceptors (Lipinski definition) is 2. The zero-order valence-corrected chi connectivity index (χ0v) is 11.4. The molecule has 2 aromatic carbocycles. The van der Waals surface area contributed by atoms with Crippen molar-refractivity contribution in [3.63, 3.8) is 0 Å². The minimum absolute atomic E-state index is 0.157. The number of ether oxygens (including phenoxy) is 1. The highest BCUT2D eigenvalue weighted by molar-refractivity contribution is 5.31. The number of aliphatic hydroxyl groups is 1. The van der Waals surface area contributed by atoms with Gasteiger partial charge in [-0.15, -0.1) is 0 Å². The third-order valence-electron chi connectivity index (χ3n) is 3.23. The molecule has 0 spiro atoms. The molecule has 4 heteroatoms. The molecule has 0 saturated heterocycles. The molecule has 0 aliphatic heterocycles. The molecule has 1 N–H and O–H groups in total. The van der Waals surface area contributed by atoms with Crippen molar-refractivity contribution >= 4 is 0 Å². The van der Waals surface area contributed by atoms with E-state index in [1.807, 2.05) is 0 Å². The van der Waals surface area contributed by atoms with Crippen LogP contribution in [0.2, 0.25) is 0 Å². The molecule has 0 saturated carbocycles. The summed E-state index contributed by atoms with van der Waals surface area (Å²) in [6.45, 7) is 1.66. The summed E-state index contributed by atoms with van der Waals surface area (Å²) in [5, 5.41) is 10.1. The van der Waals surface area contributed by atoms with Crippen LogP contribution in [0.25, 0.3) is 0 Å². The van der Waals surface area contributed by atoms with Crippen molar-refractivity contribution in [2.45, 2.75) is 19.4 Å². The molecular weight excluding hydrogens is 262 g/mol. The van der Waals surface area contributed by atoms with E-state index < -0.39 is 11.9 Å². The highest BCUT2D eigenvalue weighted by Gasteiger charge is 2.12. The molecule has 0 amide bonds. The number of halogens is 2. The summed E-state index contributed by atoms with van der Waals surface area (Å²) in [4.78, 5) is 0. The molecule has 106 valence electrons. The van der Waals surface area contributed by atoms with Gasteiger partial charge in [0, 0.05) is 6.42 Å². The van der Waals surface area contributed by atoms with Gasteiger partial charge in [-0.2, -0.15) is 0 Å². The van der Waals surface area contributed by atoms with Crippen LogP contribution in [0, 0.1) is 18.6 Å². The van der Waals surface area contributed by atoms with Crippen molar-refractivity contribution in [3.05, 3.63) is 64.7 Å². The number of aryl methyl sites for hydroxylation is 1. The van der Waals surface area contributed by atoms with Gasteiger partial charge in [0.15, 0.2) is 11.6 Å². The molecule has 0 aromatic heterocycles. The van der Waals surface area contributed by atoms with Crippen molar-refractivity contribution in [1.82, 2.24) is 0 Å². The fourth-order valence-electron chi connectivity index (χ4n) is 1.99. The number of aliphatic hydroxyl groups excluding tert-OH is 1. The van der Waals surface area contributed by atoms with Gasteiger partial charge < -0.3 is 9.84 Å². The number of rotatable bonds is 4. The first-order valence-electron chi connectivity index (χ1n) is 6.28. The lowest BCUT2D eigenvalue weighted by Gasteiger charge is -2.12. The zero-order chi connectivity index (χ0) is 14.7. The van der Waals surface area contributed by atoms with Crippen LogP contribution in [-0.4, -0.2) is 12.2 Å². The molecule has 0 aliphatic rings. The van der Waals surface area contributed by atoms with E-state index in [1.165, 1.54) is 25.3 Å². The van der Waals surface area contributed by atoms with Crippen LogP contribution in [0.3, 0.4) is 0 Å². The molecule has 1 unspecified atom stereocenters. The summed E-state index contributed by atoms with van der Waals surface area (Å²) in [5.74, 6) is -0.681. The maximum atomic E-state index is 13.6. The van der Waals surface area contributed by atoms with Crippen LogP contribution in [0.5, 0.6) is 5.75 Å². The molecule has 20 heavy (non-hydrogen) atoms. The van der Waals surface area contributed by atoms with E-state index in [2.05, 4.69) is 0 Å². The third-order valence-corrected chi connectivity index (χ3v) is 3.23. The lowest BCUT2D eigenvalue weighted by molar-refractivity contribution is 0.178. The largest absolute Gasteiger partial charge is 0.494 e. The predicted molar refractivity (Wildman–Crippen MR) is 72.8 cm³/mol. The normalized spacial score (nSPS) is 12.2. The number of benzene rings is 2. The van der Waals surface area contributed by atoms with Gasteiger partial charge in [0.25, 0.3) is 0 Å². The van der Waals surface area contributed by atoms with Crippen molar-refractivity contribution in [1.29, 1.82) is 0 Å². The second-order valence-electron chi connectivity index (χ2n) is 4.70. The van der Waals surface area contributed by atoms with Crippen LogP contribution in [0.1, 0.15) is 22.8 Å². The van der Waals surface area contributed by atoms with Crippen LogP contribution in [-0.2, 0) is 6.42 Å². The highest BCUT2D eigenvalue weighted by Crippen LogP contribution is 2.23. The van der Waals surface area contributed by atoms with E-state index in [0.29, 0.717) is 16.7 Å². The summed E-state index contributed by atoms with van der Waals surface area (Å²) >= 11 is 0. The Kier molecular flexibility index (Phi) is 4.35. The van der Waals surface area contributed by atoms with E-state index in [0.717, 1.165) is 0 Å². The van der Waals surface area contributed by atoms with Crippen molar-refractivity contribution < 1.29 is 18.6 Å². The van der Waals surface area contributed by atoms with Gasteiger partial charge in [0.2, 0.25) is 0 Å². The first kappa shape index (κ1) is 14.5. The van der Waals surface area contributed by atoms with Gasteiger partial charge in [-0.1, -0.05) is 18.2 Å². The monoisotopic (exact) mass is 278 g/mol. The quantitative estimate of drug-likeness (QED) is 0.926. The van der Waals surface area contributed by atoms with Crippen molar-refractivity contribution in [2.75, 3.05) is 7.11 Å². The van der Waals surface area contributed by atoms with Crippen LogP contribution < -0.4 is 4.74 Å². The molecule has 0 aliphatic carbocycles. The molecule has 0 bridgehead atoms. The maximum absolute atomic E-state index is 13.6. The fraction of sp³-hybridized carbons (Fsp3) is 0.250. The van der Waals surface area contributed by atoms with Crippen LogP contribution >= 0.6 is 0 Å². The van der Waals surface area contributed by atoms with Crippen molar-refractivity contribution in [3.8, 4) is 5.75 Å². The molecule has 0 fully saturated rings. The van der Waals surface area contributed by atoms with E-state index in [4.69, 9.17) is 4.74 Å². The number of methoxy groups -OCH3 is 1. The first-order valence-corrected chi connectivity index (χ1v) is 6.28. The Bertz CT molecular complexity index is 611. The smallest absolute Gasteiger partial charge is 0.165 e. The van der Waals surface area contributed by atoms with Crippen molar-refractivity contribution in [2.24, 2.45) is 0 Å². The molecule has 0 radical (unpaired) electrons. The molecule has 1 atom stereocenters. The Morgan fingerprint density at radius 1 is 1.10 bits per heavy atom. The van der Waals surface area contributed by atoms with Gasteiger partial charge in [-0.05, 0) is 41.8 Å². The highest BCUT2D eigenvalue weighted by atomic mass is 19.1. The standard InChI is InChI=1S/C16H16F2O2/c1-10-3-5-12(9-13(10)17)15(19)8-11-4-6-16(20-2)14(18)7-11/h3-7,9,15,19H,8H2,1-2H3. The average molecular weight is 278 g/mol. The Labute approximate surface area is 116 Å². The lowest BCUT2D eigenvalue weighted by atomic mass is 10.00. The predicted octanol–water partition coefficient (Wildman–Crippen LogP) is 3.56. The molecule has 2 aromatic rings. The van der Waals surface area contributed by atoms with Gasteiger partial charge in [0.1, 0.15) is 5.82 Å². The summed E-state index contributed by atoms with van der Waals surface area (Å²) in [6.07, 6.45) is -0.665. The van der Waals surface area contributed by atoms with Gasteiger partial charge in [-0.3, -0.25) is 0 Å². The molecule has 2 nitrogen and oxygen atoms in total.